The molecule has 22 heavy (non-hydrogen) atoms. The number of fused-ring (bicyclic) bond motifs is 1. The number of nitrogens with zero attached hydrogens (tertiary/aromatic N) is 6. The SMILES string of the molecule is c1cnc(N2CCc3ncc(CN4CCCC4)n3CC2)nc1. The van der Waals surface area contributed by atoms with Crippen LogP contribution in [-0.4, -0.2) is 50.6 Å². The Balaban J connectivity index is 1.49. The Morgan fingerprint density at radius 3 is 2.55 bits per heavy atom. The lowest BCUT2D eigenvalue weighted by Crippen LogP contribution is -2.28. The molecule has 1 saturated heterocycles. The fourth-order valence-electron chi connectivity index (χ4n) is 3.44. The molecule has 0 saturated carbocycles. The molecule has 0 atom stereocenters. The summed E-state index contributed by atoms with van der Waals surface area (Å²) in [4.78, 5) is 18.2. The van der Waals surface area contributed by atoms with Crippen LogP contribution in [0.2, 0.25) is 0 Å². The van der Waals surface area contributed by atoms with Gasteiger partial charge in [-0.15, -0.1) is 0 Å². The van der Waals surface area contributed by atoms with Crippen molar-refractivity contribution in [3.8, 4) is 0 Å². The second kappa shape index (κ2) is 6.04. The van der Waals surface area contributed by atoms with Crippen molar-refractivity contribution in [3.63, 3.8) is 0 Å². The molecule has 2 aliphatic heterocycles. The van der Waals surface area contributed by atoms with E-state index in [1.165, 1.54) is 37.4 Å². The van der Waals surface area contributed by atoms with Gasteiger partial charge in [-0.05, 0) is 32.0 Å². The topological polar surface area (TPSA) is 50.1 Å². The van der Waals surface area contributed by atoms with Crippen LogP contribution in [0.4, 0.5) is 5.95 Å². The summed E-state index contributed by atoms with van der Waals surface area (Å²) in [5, 5.41) is 0. The van der Waals surface area contributed by atoms with Crippen molar-refractivity contribution in [2.24, 2.45) is 0 Å². The molecule has 6 heteroatoms. The molecule has 0 spiro atoms. The van der Waals surface area contributed by atoms with Gasteiger partial charge in [-0.2, -0.15) is 0 Å². The normalized spacial score (nSPS) is 19.2. The van der Waals surface area contributed by atoms with E-state index < -0.39 is 0 Å². The maximum Gasteiger partial charge on any atom is 0.225 e. The Hall–Kier alpha value is -1.95. The predicted molar refractivity (Wildman–Crippen MR) is 84.7 cm³/mol. The minimum absolute atomic E-state index is 0.828. The summed E-state index contributed by atoms with van der Waals surface area (Å²) < 4.78 is 2.40. The summed E-state index contributed by atoms with van der Waals surface area (Å²) >= 11 is 0. The highest BCUT2D eigenvalue weighted by Gasteiger charge is 2.20. The lowest BCUT2D eigenvalue weighted by Gasteiger charge is -2.20. The molecule has 0 aromatic carbocycles. The van der Waals surface area contributed by atoms with Crippen molar-refractivity contribution in [1.82, 2.24) is 24.4 Å². The van der Waals surface area contributed by atoms with Crippen LogP contribution in [0.15, 0.2) is 24.7 Å². The maximum atomic E-state index is 4.66. The van der Waals surface area contributed by atoms with Gasteiger partial charge >= 0.3 is 0 Å². The van der Waals surface area contributed by atoms with Gasteiger partial charge in [0.1, 0.15) is 5.82 Å². The molecule has 1 fully saturated rings. The fourth-order valence-corrected chi connectivity index (χ4v) is 3.44. The third-order valence-corrected chi connectivity index (χ3v) is 4.64. The number of rotatable bonds is 3. The minimum atomic E-state index is 0.828. The van der Waals surface area contributed by atoms with Crippen LogP contribution in [0.5, 0.6) is 0 Å². The quantitative estimate of drug-likeness (QED) is 0.855. The van der Waals surface area contributed by atoms with E-state index in [1.54, 1.807) is 0 Å². The monoisotopic (exact) mass is 298 g/mol. The molecule has 6 nitrogen and oxygen atoms in total. The van der Waals surface area contributed by atoms with Crippen molar-refractivity contribution < 1.29 is 0 Å². The molecule has 0 bridgehead atoms. The van der Waals surface area contributed by atoms with Gasteiger partial charge in [0, 0.05) is 51.2 Å². The smallest absolute Gasteiger partial charge is 0.225 e. The molecule has 2 aromatic rings. The van der Waals surface area contributed by atoms with Crippen molar-refractivity contribution in [1.29, 1.82) is 0 Å². The number of hydrogen-bond acceptors (Lipinski definition) is 5. The molecular weight excluding hydrogens is 276 g/mol. The number of aromatic nitrogens is 4. The summed E-state index contributed by atoms with van der Waals surface area (Å²) in [5.41, 5.74) is 1.35. The highest BCUT2D eigenvalue weighted by Crippen LogP contribution is 2.18. The van der Waals surface area contributed by atoms with E-state index in [0.29, 0.717) is 0 Å². The molecular formula is C16H22N6. The number of hydrogen-bond donors (Lipinski definition) is 0. The standard InChI is InChI=1S/C16H22N6/c1-2-8-20(7-1)13-14-12-19-15-4-9-21(10-11-22(14)15)16-17-5-3-6-18-16/h3,5-6,12H,1-2,4,7-11,13H2. The lowest BCUT2D eigenvalue weighted by molar-refractivity contribution is 0.321. The summed E-state index contributed by atoms with van der Waals surface area (Å²) in [6.45, 7) is 6.34. The van der Waals surface area contributed by atoms with Gasteiger partial charge in [0.15, 0.2) is 0 Å². The highest BCUT2D eigenvalue weighted by molar-refractivity contribution is 5.29. The zero-order valence-electron chi connectivity index (χ0n) is 12.9. The Morgan fingerprint density at radius 2 is 1.73 bits per heavy atom. The Morgan fingerprint density at radius 1 is 0.909 bits per heavy atom. The third-order valence-electron chi connectivity index (χ3n) is 4.64. The minimum Gasteiger partial charge on any atom is -0.339 e. The molecule has 116 valence electrons. The molecule has 4 rings (SSSR count). The van der Waals surface area contributed by atoms with E-state index >= 15 is 0 Å². The summed E-state index contributed by atoms with van der Waals surface area (Å²) in [7, 11) is 0. The molecule has 0 radical (unpaired) electrons. The molecule has 0 unspecified atom stereocenters. The van der Waals surface area contributed by atoms with Crippen molar-refractivity contribution in [3.05, 3.63) is 36.2 Å². The third kappa shape index (κ3) is 2.70. The first-order valence-electron chi connectivity index (χ1n) is 8.18. The van der Waals surface area contributed by atoms with E-state index in [4.69, 9.17) is 0 Å². The van der Waals surface area contributed by atoms with E-state index in [1.807, 2.05) is 18.5 Å². The van der Waals surface area contributed by atoms with E-state index in [2.05, 4.69) is 35.5 Å². The fraction of sp³-hybridized carbons (Fsp3) is 0.562. The molecule has 4 heterocycles. The van der Waals surface area contributed by atoms with Crippen molar-refractivity contribution >= 4 is 5.95 Å². The molecule has 2 aliphatic rings. The van der Waals surface area contributed by atoms with Gasteiger partial charge in [0.2, 0.25) is 5.95 Å². The number of imidazole rings is 1. The first-order valence-corrected chi connectivity index (χ1v) is 8.18. The number of anilines is 1. The van der Waals surface area contributed by atoms with Crippen LogP contribution in [0.1, 0.15) is 24.4 Å². The van der Waals surface area contributed by atoms with Crippen LogP contribution in [0.25, 0.3) is 0 Å². The van der Waals surface area contributed by atoms with Crippen LogP contribution in [-0.2, 0) is 19.5 Å². The van der Waals surface area contributed by atoms with E-state index in [0.717, 1.165) is 38.5 Å². The molecule has 0 aliphatic carbocycles. The van der Waals surface area contributed by atoms with Crippen molar-refractivity contribution in [2.45, 2.75) is 32.4 Å². The first-order chi connectivity index (χ1) is 10.9. The van der Waals surface area contributed by atoms with Gasteiger partial charge in [0.25, 0.3) is 0 Å². The Kier molecular flexibility index (Phi) is 3.76. The summed E-state index contributed by atoms with van der Waals surface area (Å²) in [6, 6.07) is 1.86. The number of likely N-dealkylation sites (tertiary alicyclic amines) is 1. The van der Waals surface area contributed by atoms with Gasteiger partial charge in [-0.25, -0.2) is 15.0 Å². The van der Waals surface area contributed by atoms with Crippen LogP contribution >= 0.6 is 0 Å². The molecule has 0 N–H and O–H groups in total. The average Bonchev–Trinajstić information content (AvgIpc) is 3.15. The second-order valence-corrected chi connectivity index (χ2v) is 6.09. The first kappa shape index (κ1) is 13.7. The van der Waals surface area contributed by atoms with E-state index in [9.17, 15) is 0 Å². The van der Waals surface area contributed by atoms with Gasteiger partial charge in [-0.3, -0.25) is 4.90 Å². The largest absolute Gasteiger partial charge is 0.339 e. The average molecular weight is 298 g/mol. The van der Waals surface area contributed by atoms with Crippen LogP contribution in [0, 0.1) is 0 Å². The molecule has 2 aromatic heterocycles. The van der Waals surface area contributed by atoms with Gasteiger partial charge in [-0.1, -0.05) is 0 Å². The zero-order chi connectivity index (χ0) is 14.8. The van der Waals surface area contributed by atoms with E-state index in [-0.39, 0.29) is 0 Å². The van der Waals surface area contributed by atoms with Gasteiger partial charge < -0.3 is 9.47 Å². The Bertz CT molecular complexity index is 617. The predicted octanol–water partition coefficient (Wildman–Crippen LogP) is 1.33. The van der Waals surface area contributed by atoms with Crippen molar-refractivity contribution in [2.75, 3.05) is 31.1 Å². The van der Waals surface area contributed by atoms with Crippen LogP contribution < -0.4 is 4.90 Å². The highest BCUT2D eigenvalue weighted by atomic mass is 15.3. The zero-order valence-corrected chi connectivity index (χ0v) is 12.9. The lowest BCUT2D eigenvalue weighted by atomic mass is 10.4. The summed E-state index contributed by atoms with van der Waals surface area (Å²) in [6.07, 6.45) is 9.32. The van der Waals surface area contributed by atoms with Gasteiger partial charge in [0.05, 0.1) is 5.69 Å². The summed E-state index contributed by atoms with van der Waals surface area (Å²) in [5.74, 6) is 2.03. The Labute approximate surface area is 130 Å². The van der Waals surface area contributed by atoms with Crippen LogP contribution in [0.3, 0.4) is 0 Å². The molecule has 0 amide bonds. The maximum absolute atomic E-state index is 4.66. The second-order valence-electron chi connectivity index (χ2n) is 6.09.